The van der Waals surface area contributed by atoms with Crippen molar-refractivity contribution in [3.05, 3.63) is 144 Å². The molecule has 148 valence electrons. The summed E-state index contributed by atoms with van der Waals surface area (Å²) in [7, 11) is 0. The van der Waals surface area contributed by atoms with Crippen molar-refractivity contribution in [1.82, 2.24) is 0 Å². The minimum atomic E-state index is -0.717. The molecule has 0 saturated heterocycles. The van der Waals surface area contributed by atoms with Crippen molar-refractivity contribution < 1.29 is 14.3 Å². The lowest BCUT2D eigenvalue weighted by Crippen LogP contribution is -2.17. The van der Waals surface area contributed by atoms with Crippen molar-refractivity contribution in [3.8, 4) is 0 Å². The maximum atomic E-state index is 12.9. The maximum Gasteiger partial charge on any atom is 0.510 e. The second-order valence-corrected chi connectivity index (χ2v) is 6.89. The van der Waals surface area contributed by atoms with Crippen LogP contribution >= 0.6 is 0 Å². The van der Waals surface area contributed by atoms with E-state index in [4.69, 9.17) is 9.47 Å². The van der Waals surface area contributed by atoms with Gasteiger partial charge in [0.2, 0.25) is 0 Å². The smallest absolute Gasteiger partial charge is 0.421 e. The molecule has 0 unspecified atom stereocenters. The van der Waals surface area contributed by atoms with Crippen molar-refractivity contribution >= 4 is 6.16 Å². The van der Waals surface area contributed by atoms with Crippen molar-refractivity contribution in [3.63, 3.8) is 0 Å². The highest BCUT2D eigenvalue weighted by atomic mass is 16.7. The first-order chi connectivity index (χ1) is 14.8. The van der Waals surface area contributed by atoms with E-state index in [9.17, 15) is 4.79 Å². The fourth-order valence-corrected chi connectivity index (χ4v) is 3.39. The average molecular weight is 394 g/mol. The number of hydrogen-bond acceptors (Lipinski definition) is 3. The topological polar surface area (TPSA) is 35.5 Å². The molecule has 0 aliphatic carbocycles. The molecule has 0 fully saturated rings. The normalized spacial score (nSPS) is 10.7. The lowest BCUT2D eigenvalue weighted by atomic mass is 10.0. The molecule has 0 aromatic heterocycles. The highest BCUT2D eigenvalue weighted by Crippen LogP contribution is 2.30. The molecule has 0 radical (unpaired) electrons. The second-order valence-electron chi connectivity index (χ2n) is 6.89. The van der Waals surface area contributed by atoms with Gasteiger partial charge in [-0.25, -0.2) is 4.79 Å². The SMILES string of the molecule is O=C(OC(c1ccccc1)c1ccccc1)OC(c1ccccc1)c1ccccc1. The van der Waals surface area contributed by atoms with Crippen LogP contribution in [0, 0.1) is 0 Å². The Balaban J connectivity index is 1.60. The molecule has 0 heterocycles. The number of ether oxygens (including phenoxy) is 2. The van der Waals surface area contributed by atoms with Crippen molar-refractivity contribution in [2.24, 2.45) is 0 Å². The van der Waals surface area contributed by atoms with Crippen LogP contribution in [0.5, 0.6) is 0 Å². The van der Waals surface area contributed by atoms with Crippen molar-refractivity contribution in [1.29, 1.82) is 0 Å². The van der Waals surface area contributed by atoms with E-state index in [0.717, 1.165) is 22.3 Å². The molecule has 30 heavy (non-hydrogen) atoms. The summed E-state index contributed by atoms with van der Waals surface area (Å²) in [6.45, 7) is 0. The third kappa shape index (κ3) is 4.76. The van der Waals surface area contributed by atoms with Gasteiger partial charge in [-0.3, -0.25) is 0 Å². The first-order valence-corrected chi connectivity index (χ1v) is 9.88. The Morgan fingerprint density at radius 2 is 0.667 bits per heavy atom. The Morgan fingerprint density at radius 3 is 0.900 bits per heavy atom. The zero-order chi connectivity index (χ0) is 20.6. The Bertz CT molecular complexity index is 882. The fraction of sp³-hybridized carbons (Fsp3) is 0.0741. The van der Waals surface area contributed by atoms with Gasteiger partial charge >= 0.3 is 6.16 Å². The summed E-state index contributed by atoms with van der Waals surface area (Å²) in [5, 5.41) is 0. The molecule has 0 N–H and O–H groups in total. The van der Waals surface area contributed by atoms with Gasteiger partial charge in [0.1, 0.15) is 0 Å². The summed E-state index contributed by atoms with van der Waals surface area (Å²) in [6.07, 6.45) is -1.82. The Kier molecular flexibility index (Phi) is 6.21. The van der Waals surface area contributed by atoms with E-state index >= 15 is 0 Å². The van der Waals surface area contributed by atoms with E-state index in [1.54, 1.807) is 0 Å². The second kappa shape index (κ2) is 9.57. The molecule has 0 spiro atoms. The molecule has 0 atom stereocenters. The molecule has 3 heteroatoms. The molecule has 0 saturated carbocycles. The third-order valence-electron chi connectivity index (χ3n) is 4.84. The molecular formula is C27H22O3. The van der Waals surface area contributed by atoms with Crippen LogP contribution in [0.2, 0.25) is 0 Å². The van der Waals surface area contributed by atoms with Crippen LogP contribution < -0.4 is 0 Å². The van der Waals surface area contributed by atoms with Gasteiger partial charge in [-0.05, 0) is 22.3 Å². The summed E-state index contributed by atoms with van der Waals surface area (Å²) in [5.74, 6) is 0. The molecule has 0 aliphatic rings. The molecule has 0 amide bonds. The summed E-state index contributed by atoms with van der Waals surface area (Å²) >= 11 is 0. The van der Waals surface area contributed by atoms with Crippen LogP contribution in [0.4, 0.5) is 4.79 Å². The highest BCUT2D eigenvalue weighted by molar-refractivity contribution is 5.62. The van der Waals surface area contributed by atoms with Crippen molar-refractivity contribution in [2.75, 3.05) is 0 Å². The van der Waals surface area contributed by atoms with Gasteiger partial charge in [0, 0.05) is 0 Å². The molecule has 0 aliphatic heterocycles. The predicted molar refractivity (Wildman–Crippen MR) is 117 cm³/mol. The number of hydrogen-bond donors (Lipinski definition) is 0. The molecule has 4 aromatic carbocycles. The monoisotopic (exact) mass is 394 g/mol. The quantitative estimate of drug-likeness (QED) is 0.341. The average Bonchev–Trinajstić information content (AvgIpc) is 2.83. The standard InChI is InChI=1S/C27H22O3/c28-27(29-25(21-13-5-1-6-14-21)22-15-7-2-8-16-22)30-26(23-17-9-3-10-18-23)24-19-11-4-12-20-24/h1-20,25-26H. The molecular weight excluding hydrogens is 372 g/mol. The van der Waals surface area contributed by atoms with Gasteiger partial charge in [0.25, 0.3) is 0 Å². The van der Waals surface area contributed by atoms with E-state index in [2.05, 4.69) is 0 Å². The summed E-state index contributed by atoms with van der Waals surface area (Å²) in [6, 6.07) is 38.7. The minimum Gasteiger partial charge on any atom is -0.421 e. The van der Waals surface area contributed by atoms with Gasteiger partial charge in [-0.2, -0.15) is 0 Å². The van der Waals surface area contributed by atoms with Gasteiger partial charge in [0.05, 0.1) is 0 Å². The predicted octanol–water partition coefficient (Wildman–Crippen LogP) is 6.72. The van der Waals surface area contributed by atoms with Crippen LogP contribution in [0.1, 0.15) is 34.5 Å². The minimum absolute atomic E-state index is 0.549. The van der Waals surface area contributed by atoms with E-state index in [0.29, 0.717) is 0 Å². The molecule has 3 nitrogen and oxygen atoms in total. The lowest BCUT2D eigenvalue weighted by molar-refractivity contribution is 0.0166. The number of rotatable bonds is 6. The lowest BCUT2D eigenvalue weighted by Gasteiger charge is -2.22. The van der Waals surface area contributed by atoms with E-state index < -0.39 is 18.4 Å². The molecule has 0 bridgehead atoms. The number of benzene rings is 4. The van der Waals surface area contributed by atoms with Crippen LogP contribution in [0.3, 0.4) is 0 Å². The van der Waals surface area contributed by atoms with Crippen LogP contribution in [-0.2, 0) is 9.47 Å². The van der Waals surface area contributed by atoms with Crippen LogP contribution in [0.15, 0.2) is 121 Å². The summed E-state index contributed by atoms with van der Waals surface area (Å²) in [5.41, 5.74) is 3.54. The Hall–Kier alpha value is -3.85. The van der Waals surface area contributed by atoms with Gasteiger partial charge < -0.3 is 9.47 Å². The Labute approximate surface area is 176 Å². The largest absolute Gasteiger partial charge is 0.510 e. The van der Waals surface area contributed by atoms with E-state index in [1.165, 1.54) is 0 Å². The molecule has 4 rings (SSSR count). The van der Waals surface area contributed by atoms with Gasteiger partial charge in [-0.1, -0.05) is 121 Å². The van der Waals surface area contributed by atoms with Crippen molar-refractivity contribution in [2.45, 2.75) is 12.2 Å². The highest BCUT2D eigenvalue weighted by Gasteiger charge is 2.24. The van der Waals surface area contributed by atoms with Crippen LogP contribution in [-0.4, -0.2) is 6.16 Å². The zero-order valence-corrected chi connectivity index (χ0v) is 16.4. The Morgan fingerprint density at radius 1 is 0.433 bits per heavy atom. The van der Waals surface area contributed by atoms with Gasteiger partial charge in [0.15, 0.2) is 12.2 Å². The summed E-state index contributed by atoms with van der Waals surface area (Å²) in [4.78, 5) is 12.9. The summed E-state index contributed by atoms with van der Waals surface area (Å²) < 4.78 is 11.7. The first kappa shape index (κ1) is 19.5. The zero-order valence-electron chi connectivity index (χ0n) is 16.4. The number of carbonyl (C=O) groups is 1. The maximum absolute atomic E-state index is 12.9. The fourth-order valence-electron chi connectivity index (χ4n) is 3.39. The third-order valence-corrected chi connectivity index (χ3v) is 4.84. The first-order valence-electron chi connectivity index (χ1n) is 9.88. The molecule has 4 aromatic rings. The van der Waals surface area contributed by atoms with E-state index in [-0.39, 0.29) is 0 Å². The van der Waals surface area contributed by atoms with E-state index in [1.807, 2.05) is 121 Å². The number of carbonyl (C=O) groups excluding carboxylic acids is 1. The van der Waals surface area contributed by atoms with Crippen LogP contribution in [0.25, 0.3) is 0 Å². The van der Waals surface area contributed by atoms with Gasteiger partial charge in [-0.15, -0.1) is 0 Å².